The molecule has 2 amide bonds. The van der Waals surface area contributed by atoms with Crippen LogP contribution in [0, 0.1) is 13.8 Å². The fourth-order valence-corrected chi connectivity index (χ4v) is 3.49. The first-order valence-corrected chi connectivity index (χ1v) is 8.84. The fraction of sp³-hybridized carbons (Fsp3) is 0.381. The summed E-state index contributed by atoms with van der Waals surface area (Å²) in [6.07, 6.45) is 4.47. The van der Waals surface area contributed by atoms with Gasteiger partial charge in [0, 0.05) is 12.2 Å². The summed E-state index contributed by atoms with van der Waals surface area (Å²) in [5, 5.41) is 3.08. The number of nitrogens with one attached hydrogen (secondary N) is 1. The van der Waals surface area contributed by atoms with E-state index in [9.17, 15) is 4.79 Å². The van der Waals surface area contributed by atoms with E-state index in [1.807, 2.05) is 36.1 Å². The van der Waals surface area contributed by atoms with Gasteiger partial charge in [-0.15, -0.1) is 0 Å². The van der Waals surface area contributed by atoms with Gasteiger partial charge in [-0.3, -0.25) is 0 Å². The first kappa shape index (κ1) is 16.6. The Morgan fingerprint density at radius 2 is 1.75 bits per heavy atom. The van der Waals surface area contributed by atoms with E-state index in [1.165, 1.54) is 24.0 Å². The lowest BCUT2D eigenvalue weighted by Gasteiger charge is -2.31. The number of carbonyl (C=O) groups excluding carboxylic acids is 1. The molecule has 0 aliphatic carbocycles. The topological polar surface area (TPSA) is 32.3 Å². The fourth-order valence-electron chi connectivity index (χ4n) is 3.49. The first-order chi connectivity index (χ1) is 11.6. The van der Waals surface area contributed by atoms with Gasteiger partial charge in [-0.05, 0) is 49.9 Å². The van der Waals surface area contributed by atoms with E-state index in [4.69, 9.17) is 0 Å². The van der Waals surface area contributed by atoms with E-state index >= 15 is 0 Å². The second-order valence-corrected chi connectivity index (χ2v) is 6.77. The zero-order valence-corrected chi connectivity index (χ0v) is 14.6. The minimum absolute atomic E-state index is 0.00834. The summed E-state index contributed by atoms with van der Waals surface area (Å²) in [7, 11) is 0. The van der Waals surface area contributed by atoms with Crippen LogP contribution >= 0.6 is 0 Å². The van der Waals surface area contributed by atoms with Crippen LogP contribution in [0.3, 0.4) is 0 Å². The van der Waals surface area contributed by atoms with Crippen LogP contribution in [0.4, 0.5) is 10.5 Å². The molecule has 1 N–H and O–H groups in total. The molecule has 3 nitrogen and oxygen atoms in total. The Labute approximate surface area is 144 Å². The maximum Gasteiger partial charge on any atom is 0.322 e. The molecular weight excluding hydrogens is 296 g/mol. The normalized spacial score (nSPS) is 18.1. The molecule has 1 fully saturated rings. The number of anilines is 1. The molecule has 1 saturated heterocycles. The second kappa shape index (κ2) is 7.52. The van der Waals surface area contributed by atoms with Crippen molar-refractivity contribution in [1.29, 1.82) is 0 Å². The predicted molar refractivity (Wildman–Crippen MR) is 99.3 cm³/mol. The zero-order chi connectivity index (χ0) is 16.9. The van der Waals surface area contributed by atoms with Gasteiger partial charge in [-0.1, -0.05) is 54.8 Å². The van der Waals surface area contributed by atoms with Crippen LogP contribution < -0.4 is 5.32 Å². The lowest BCUT2D eigenvalue weighted by molar-refractivity contribution is 0.189. The number of benzene rings is 2. The van der Waals surface area contributed by atoms with Crippen molar-refractivity contribution in [2.24, 2.45) is 0 Å². The second-order valence-electron chi connectivity index (χ2n) is 6.77. The lowest BCUT2D eigenvalue weighted by Crippen LogP contribution is -2.38. The third-order valence-corrected chi connectivity index (χ3v) is 4.71. The number of urea groups is 1. The molecule has 1 unspecified atom stereocenters. The summed E-state index contributed by atoms with van der Waals surface area (Å²) in [5.74, 6) is 0. The van der Waals surface area contributed by atoms with Crippen molar-refractivity contribution in [1.82, 2.24) is 4.90 Å². The monoisotopic (exact) mass is 322 g/mol. The highest BCUT2D eigenvalue weighted by atomic mass is 16.2. The molecule has 2 aromatic carbocycles. The summed E-state index contributed by atoms with van der Waals surface area (Å²) in [6.45, 7) is 4.96. The van der Waals surface area contributed by atoms with Crippen molar-refractivity contribution in [3.8, 4) is 0 Å². The number of hydrogen-bond acceptors (Lipinski definition) is 1. The van der Waals surface area contributed by atoms with Gasteiger partial charge in [0.25, 0.3) is 0 Å². The number of amides is 2. The number of rotatable bonds is 2. The van der Waals surface area contributed by atoms with Crippen molar-refractivity contribution in [3.05, 3.63) is 65.2 Å². The summed E-state index contributed by atoms with van der Waals surface area (Å²) >= 11 is 0. The number of likely N-dealkylation sites (tertiary alicyclic amines) is 1. The quantitative estimate of drug-likeness (QED) is 0.783. The smallest absolute Gasteiger partial charge is 0.317 e. The van der Waals surface area contributed by atoms with Crippen LogP contribution in [-0.4, -0.2) is 17.5 Å². The molecule has 126 valence electrons. The van der Waals surface area contributed by atoms with Crippen molar-refractivity contribution < 1.29 is 4.79 Å². The number of carbonyl (C=O) groups is 1. The standard InChI is InChI=1S/C21H26N2O/c1-16-8-6-10-18(14-16)20-12-4-3-5-13-23(20)21(24)22-19-11-7-9-17(2)15-19/h6-11,14-15,20H,3-5,12-13H2,1-2H3,(H,22,24). The minimum atomic E-state index is 0.00834. The molecule has 1 heterocycles. The molecule has 0 radical (unpaired) electrons. The third-order valence-electron chi connectivity index (χ3n) is 4.71. The molecule has 0 aromatic heterocycles. The van der Waals surface area contributed by atoms with E-state index in [-0.39, 0.29) is 12.1 Å². The molecule has 1 atom stereocenters. The highest BCUT2D eigenvalue weighted by molar-refractivity contribution is 5.89. The number of nitrogens with zero attached hydrogens (tertiary/aromatic N) is 1. The Bertz CT molecular complexity index is 710. The molecule has 0 bridgehead atoms. The summed E-state index contributed by atoms with van der Waals surface area (Å²) in [4.78, 5) is 14.9. The maximum atomic E-state index is 12.9. The van der Waals surface area contributed by atoms with Gasteiger partial charge in [-0.25, -0.2) is 4.79 Å². The van der Waals surface area contributed by atoms with Crippen molar-refractivity contribution >= 4 is 11.7 Å². The Morgan fingerprint density at radius 1 is 1.00 bits per heavy atom. The van der Waals surface area contributed by atoms with E-state index in [0.29, 0.717) is 0 Å². The maximum absolute atomic E-state index is 12.9. The van der Waals surface area contributed by atoms with Crippen LogP contribution in [0.2, 0.25) is 0 Å². The first-order valence-electron chi connectivity index (χ1n) is 8.84. The van der Waals surface area contributed by atoms with Gasteiger partial charge in [0.2, 0.25) is 0 Å². The van der Waals surface area contributed by atoms with Crippen LogP contribution in [0.25, 0.3) is 0 Å². The molecule has 2 aromatic rings. The van der Waals surface area contributed by atoms with Crippen LogP contribution in [-0.2, 0) is 0 Å². The third kappa shape index (κ3) is 3.97. The van der Waals surface area contributed by atoms with E-state index in [2.05, 4.69) is 36.5 Å². The molecule has 24 heavy (non-hydrogen) atoms. The van der Waals surface area contributed by atoms with E-state index in [1.54, 1.807) is 0 Å². The van der Waals surface area contributed by atoms with Crippen molar-refractivity contribution in [2.75, 3.05) is 11.9 Å². The Balaban J connectivity index is 1.82. The average molecular weight is 322 g/mol. The lowest BCUT2D eigenvalue weighted by atomic mass is 9.99. The number of aryl methyl sites for hydroxylation is 2. The van der Waals surface area contributed by atoms with Gasteiger partial charge in [0.1, 0.15) is 0 Å². The SMILES string of the molecule is Cc1cccc(NC(=O)N2CCCCCC2c2cccc(C)c2)c1. The summed E-state index contributed by atoms with van der Waals surface area (Å²) in [6, 6.07) is 16.7. The highest BCUT2D eigenvalue weighted by Gasteiger charge is 2.26. The van der Waals surface area contributed by atoms with Crippen molar-refractivity contribution in [2.45, 2.75) is 45.6 Å². The Hall–Kier alpha value is -2.29. The predicted octanol–water partition coefficient (Wildman–Crippen LogP) is 5.45. The molecule has 1 aliphatic heterocycles. The molecule has 0 spiro atoms. The summed E-state index contributed by atoms with van der Waals surface area (Å²) in [5.41, 5.74) is 4.51. The molecule has 3 heteroatoms. The Kier molecular flexibility index (Phi) is 5.19. The molecule has 1 aliphatic rings. The largest absolute Gasteiger partial charge is 0.322 e. The van der Waals surface area contributed by atoms with Crippen molar-refractivity contribution in [3.63, 3.8) is 0 Å². The van der Waals surface area contributed by atoms with Gasteiger partial charge in [0.05, 0.1) is 6.04 Å². The minimum Gasteiger partial charge on any atom is -0.317 e. The van der Waals surface area contributed by atoms with Gasteiger partial charge >= 0.3 is 6.03 Å². The van der Waals surface area contributed by atoms with Crippen LogP contribution in [0.15, 0.2) is 48.5 Å². The Morgan fingerprint density at radius 3 is 2.50 bits per heavy atom. The zero-order valence-electron chi connectivity index (χ0n) is 14.6. The van der Waals surface area contributed by atoms with Crippen LogP contribution in [0.1, 0.15) is 48.4 Å². The summed E-state index contributed by atoms with van der Waals surface area (Å²) < 4.78 is 0. The molecule has 3 rings (SSSR count). The molecular formula is C21H26N2O. The van der Waals surface area contributed by atoms with Gasteiger partial charge in [0.15, 0.2) is 0 Å². The highest BCUT2D eigenvalue weighted by Crippen LogP contribution is 2.31. The van der Waals surface area contributed by atoms with E-state index < -0.39 is 0 Å². The van der Waals surface area contributed by atoms with E-state index in [0.717, 1.165) is 30.6 Å². The number of hydrogen-bond donors (Lipinski definition) is 1. The molecule has 0 saturated carbocycles. The van der Waals surface area contributed by atoms with Gasteiger partial charge < -0.3 is 10.2 Å². The van der Waals surface area contributed by atoms with Crippen LogP contribution in [0.5, 0.6) is 0 Å². The van der Waals surface area contributed by atoms with Gasteiger partial charge in [-0.2, -0.15) is 0 Å². The average Bonchev–Trinajstić information content (AvgIpc) is 2.81.